The first kappa shape index (κ1) is 15.0. The molecule has 1 aromatic rings. The van der Waals surface area contributed by atoms with Crippen LogP contribution in [-0.4, -0.2) is 17.0 Å². The highest BCUT2D eigenvalue weighted by Crippen LogP contribution is 2.44. The van der Waals surface area contributed by atoms with Gasteiger partial charge in [-0.1, -0.05) is 28.4 Å². The van der Waals surface area contributed by atoms with E-state index in [1.165, 1.54) is 0 Å². The van der Waals surface area contributed by atoms with E-state index in [4.69, 9.17) is 0 Å². The maximum absolute atomic E-state index is 11.9. The van der Waals surface area contributed by atoms with Crippen LogP contribution in [0.25, 0.3) is 0 Å². The summed E-state index contributed by atoms with van der Waals surface area (Å²) in [5.41, 5.74) is 1.31. The fourth-order valence-electron chi connectivity index (χ4n) is 2.46. The second-order valence-electron chi connectivity index (χ2n) is 5.46. The Morgan fingerprint density at radius 2 is 2.10 bits per heavy atom. The summed E-state index contributed by atoms with van der Waals surface area (Å²) in [6, 6.07) is 5.90. The molecule has 2 rings (SSSR count). The Kier molecular flexibility index (Phi) is 4.48. The number of halogens is 1. The van der Waals surface area contributed by atoms with Gasteiger partial charge in [-0.05, 0) is 43.0 Å². The first-order valence-corrected chi connectivity index (χ1v) is 7.47. The molecule has 0 saturated heterocycles. The monoisotopic (exact) mass is 339 g/mol. The molecule has 1 fully saturated rings. The molecule has 1 aliphatic rings. The van der Waals surface area contributed by atoms with Gasteiger partial charge in [0.05, 0.1) is 5.41 Å². The number of hydrogen-bond acceptors (Lipinski definition) is 2. The average molecular weight is 340 g/mol. The number of hydrogen-bond donors (Lipinski definition) is 2. The quantitative estimate of drug-likeness (QED) is 0.866. The van der Waals surface area contributed by atoms with Crippen molar-refractivity contribution in [2.24, 2.45) is 5.41 Å². The summed E-state index contributed by atoms with van der Waals surface area (Å²) in [5, 5.41) is 12.0. The van der Waals surface area contributed by atoms with E-state index in [-0.39, 0.29) is 12.3 Å². The fraction of sp³-hybridized carbons (Fsp3) is 0.467. The van der Waals surface area contributed by atoms with Gasteiger partial charge in [-0.3, -0.25) is 9.59 Å². The Morgan fingerprint density at radius 3 is 2.65 bits per heavy atom. The molecule has 1 aliphatic carbocycles. The van der Waals surface area contributed by atoms with Crippen molar-refractivity contribution >= 4 is 27.8 Å². The number of benzene rings is 1. The van der Waals surface area contributed by atoms with Gasteiger partial charge in [0.1, 0.15) is 0 Å². The Morgan fingerprint density at radius 1 is 1.40 bits per heavy atom. The molecule has 1 amide bonds. The van der Waals surface area contributed by atoms with Crippen molar-refractivity contribution in [2.45, 2.75) is 39.2 Å². The van der Waals surface area contributed by atoms with Crippen molar-refractivity contribution < 1.29 is 14.7 Å². The van der Waals surface area contributed by atoms with Gasteiger partial charge in [0.15, 0.2) is 0 Å². The van der Waals surface area contributed by atoms with E-state index in [1.807, 2.05) is 25.1 Å². The molecule has 4 nitrogen and oxygen atoms in total. The number of carboxylic acid groups (broad SMARTS) is 1. The smallest absolute Gasteiger partial charge is 0.310 e. The number of aliphatic carboxylic acids is 1. The molecule has 0 aromatic heterocycles. The molecule has 0 unspecified atom stereocenters. The van der Waals surface area contributed by atoms with Crippen LogP contribution in [-0.2, 0) is 16.1 Å². The Balaban J connectivity index is 1.92. The minimum absolute atomic E-state index is 0.0788. The maximum atomic E-state index is 11.9. The van der Waals surface area contributed by atoms with E-state index >= 15 is 0 Å². The standard InChI is InChI=1S/C15H18BrNO3/c1-10-3-4-12(16)7-11(10)9-17-13(18)8-15(14(19)20)5-2-6-15/h3-4,7H,2,5-6,8-9H2,1H3,(H,17,18)(H,19,20). The van der Waals surface area contributed by atoms with E-state index in [9.17, 15) is 14.7 Å². The highest BCUT2D eigenvalue weighted by molar-refractivity contribution is 9.10. The summed E-state index contributed by atoms with van der Waals surface area (Å²) in [4.78, 5) is 23.2. The Labute approximate surface area is 126 Å². The Hall–Kier alpha value is -1.36. The van der Waals surface area contributed by atoms with Crippen molar-refractivity contribution in [3.8, 4) is 0 Å². The molecule has 1 aromatic carbocycles. The summed E-state index contributed by atoms with van der Waals surface area (Å²) < 4.78 is 0.966. The zero-order valence-electron chi connectivity index (χ0n) is 11.4. The van der Waals surface area contributed by atoms with Crippen LogP contribution in [0.3, 0.4) is 0 Å². The van der Waals surface area contributed by atoms with Gasteiger partial charge < -0.3 is 10.4 Å². The number of nitrogens with one attached hydrogen (secondary N) is 1. The summed E-state index contributed by atoms with van der Waals surface area (Å²) in [5.74, 6) is -1.04. The number of aryl methyl sites for hydroxylation is 1. The summed E-state index contributed by atoms with van der Waals surface area (Å²) in [7, 11) is 0. The first-order chi connectivity index (χ1) is 9.43. The van der Waals surface area contributed by atoms with Crippen LogP contribution in [0.5, 0.6) is 0 Å². The third-order valence-corrected chi connectivity index (χ3v) is 4.54. The molecular weight excluding hydrogens is 322 g/mol. The van der Waals surface area contributed by atoms with Crippen LogP contribution in [0.15, 0.2) is 22.7 Å². The predicted octanol–water partition coefficient (Wildman–Crippen LogP) is 3.02. The van der Waals surface area contributed by atoms with Crippen molar-refractivity contribution in [1.29, 1.82) is 0 Å². The minimum atomic E-state index is -0.850. The number of carbonyl (C=O) groups excluding carboxylic acids is 1. The topological polar surface area (TPSA) is 66.4 Å². The normalized spacial score (nSPS) is 16.3. The third kappa shape index (κ3) is 3.20. The van der Waals surface area contributed by atoms with Crippen LogP contribution in [0.2, 0.25) is 0 Å². The van der Waals surface area contributed by atoms with Gasteiger partial charge >= 0.3 is 5.97 Å². The van der Waals surface area contributed by atoms with Crippen LogP contribution >= 0.6 is 15.9 Å². The SMILES string of the molecule is Cc1ccc(Br)cc1CNC(=O)CC1(C(=O)O)CCC1. The van der Waals surface area contributed by atoms with Gasteiger partial charge in [-0.15, -0.1) is 0 Å². The van der Waals surface area contributed by atoms with E-state index in [2.05, 4.69) is 21.2 Å². The molecule has 0 heterocycles. The molecule has 5 heteroatoms. The number of carboxylic acids is 1. The molecule has 0 radical (unpaired) electrons. The lowest BCUT2D eigenvalue weighted by Crippen LogP contribution is -2.42. The van der Waals surface area contributed by atoms with E-state index in [0.717, 1.165) is 22.0 Å². The van der Waals surface area contributed by atoms with Gasteiger partial charge in [0.2, 0.25) is 5.91 Å². The highest BCUT2D eigenvalue weighted by atomic mass is 79.9. The van der Waals surface area contributed by atoms with Gasteiger partial charge in [-0.25, -0.2) is 0 Å². The molecule has 0 bridgehead atoms. The second-order valence-corrected chi connectivity index (χ2v) is 6.38. The first-order valence-electron chi connectivity index (χ1n) is 6.68. The largest absolute Gasteiger partial charge is 0.481 e. The van der Waals surface area contributed by atoms with E-state index in [1.54, 1.807) is 0 Å². The van der Waals surface area contributed by atoms with Gasteiger partial charge in [0, 0.05) is 17.4 Å². The van der Waals surface area contributed by atoms with Gasteiger partial charge in [0.25, 0.3) is 0 Å². The molecule has 2 N–H and O–H groups in total. The lowest BCUT2D eigenvalue weighted by atomic mass is 9.66. The Bertz CT molecular complexity index is 538. The van der Waals surface area contributed by atoms with Crippen molar-refractivity contribution in [2.75, 3.05) is 0 Å². The summed E-state index contributed by atoms with van der Waals surface area (Å²) in [6.07, 6.45) is 2.18. The molecule has 0 aliphatic heterocycles. The molecule has 1 saturated carbocycles. The number of rotatable bonds is 5. The van der Waals surface area contributed by atoms with Crippen molar-refractivity contribution in [3.63, 3.8) is 0 Å². The second kappa shape index (κ2) is 5.95. The lowest BCUT2D eigenvalue weighted by molar-refractivity contribution is -0.157. The molecule has 20 heavy (non-hydrogen) atoms. The van der Waals surface area contributed by atoms with E-state index < -0.39 is 11.4 Å². The zero-order valence-corrected chi connectivity index (χ0v) is 13.0. The number of amides is 1. The summed E-state index contributed by atoms with van der Waals surface area (Å²) >= 11 is 3.40. The van der Waals surface area contributed by atoms with Crippen molar-refractivity contribution in [1.82, 2.24) is 5.32 Å². The highest BCUT2D eigenvalue weighted by Gasteiger charge is 2.45. The maximum Gasteiger partial charge on any atom is 0.310 e. The summed E-state index contributed by atoms with van der Waals surface area (Å²) in [6.45, 7) is 2.42. The molecule has 108 valence electrons. The van der Waals surface area contributed by atoms with Crippen LogP contribution in [0.1, 0.15) is 36.8 Å². The van der Waals surface area contributed by atoms with Crippen molar-refractivity contribution in [3.05, 3.63) is 33.8 Å². The van der Waals surface area contributed by atoms with E-state index in [0.29, 0.717) is 19.4 Å². The zero-order chi connectivity index (χ0) is 14.8. The molecular formula is C15H18BrNO3. The molecule has 0 spiro atoms. The van der Waals surface area contributed by atoms with Crippen LogP contribution < -0.4 is 5.32 Å². The molecule has 0 atom stereocenters. The fourth-order valence-corrected chi connectivity index (χ4v) is 2.87. The number of carbonyl (C=O) groups is 2. The van der Waals surface area contributed by atoms with Crippen LogP contribution in [0, 0.1) is 12.3 Å². The van der Waals surface area contributed by atoms with Crippen LogP contribution in [0.4, 0.5) is 0 Å². The average Bonchev–Trinajstić information content (AvgIpc) is 2.34. The third-order valence-electron chi connectivity index (χ3n) is 4.05. The minimum Gasteiger partial charge on any atom is -0.481 e. The predicted molar refractivity (Wildman–Crippen MR) is 79.3 cm³/mol. The lowest BCUT2D eigenvalue weighted by Gasteiger charge is -2.36. The van der Waals surface area contributed by atoms with Gasteiger partial charge in [-0.2, -0.15) is 0 Å².